The minimum atomic E-state index is -4.41. The second-order valence-corrected chi connectivity index (χ2v) is 7.10. The molecule has 0 atom stereocenters. The van der Waals surface area contributed by atoms with E-state index >= 15 is 0 Å². The van der Waals surface area contributed by atoms with E-state index in [1.165, 1.54) is 23.8 Å². The molecule has 9 heteroatoms. The van der Waals surface area contributed by atoms with Gasteiger partial charge in [-0.15, -0.1) is 0 Å². The Kier molecular flexibility index (Phi) is 6.46. The van der Waals surface area contributed by atoms with E-state index in [0.717, 1.165) is 31.9 Å². The summed E-state index contributed by atoms with van der Waals surface area (Å²) in [5.41, 5.74) is 2.53. The van der Waals surface area contributed by atoms with Crippen molar-refractivity contribution in [3.05, 3.63) is 47.3 Å². The number of benzene rings is 1. The number of rotatable bonds is 6. The van der Waals surface area contributed by atoms with Gasteiger partial charge < -0.3 is 9.64 Å². The van der Waals surface area contributed by atoms with Crippen LogP contribution in [0.1, 0.15) is 28.5 Å². The van der Waals surface area contributed by atoms with Crippen molar-refractivity contribution in [1.29, 1.82) is 0 Å². The summed E-state index contributed by atoms with van der Waals surface area (Å²) in [6, 6.07) is 5.91. The van der Waals surface area contributed by atoms with Gasteiger partial charge in [-0.1, -0.05) is 6.07 Å². The SMILES string of the molecule is CCn1cc(CN2CCN(C(=O)c3cccc(OCC(F)(F)F)c3)CC2)c(C)n1. The summed E-state index contributed by atoms with van der Waals surface area (Å²) < 4.78 is 43.6. The van der Waals surface area contributed by atoms with Crippen LogP contribution in [0.4, 0.5) is 13.2 Å². The van der Waals surface area contributed by atoms with Gasteiger partial charge in [-0.2, -0.15) is 18.3 Å². The van der Waals surface area contributed by atoms with Gasteiger partial charge in [-0.25, -0.2) is 0 Å². The van der Waals surface area contributed by atoms with Gasteiger partial charge in [0.2, 0.25) is 0 Å². The predicted octanol–water partition coefficient (Wildman–Crippen LogP) is 3.11. The molecule has 2 heterocycles. The van der Waals surface area contributed by atoms with Crippen LogP contribution in [0.3, 0.4) is 0 Å². The Labute approximate surface area is 167 Å². The zero-order valence-electron chi connectivity index (χ0n) is 16.6. The fourth-order valence-electron chi connectivity index (χ4n) is 3.29. The van der Waals surface area contributed by atoms with Crippen LogP contribution < -0.4 is 4.74 Å². The highest BCUT2D eigenvalue weighted by Crippen LogP contribution is 2.21. The van der Waals surface area contributed by atoms with Gasteiger partial charge in [0.15, 0.2) is 6.61 Å². The summed E-state index contributed by atoms with van der Waals surface area (Å²) in [4.78, 5) is 16.7. The molecule has 0 aliphatic carbocycles. The lowest BCUT2D eigenvalue weighted by molar-refractivity contribution is -0.153. The minimum absolute atomic E-state index is 0.0372. The molecule has 2 aromatic rings. The van der Waals surface area contributed by atoms with Crippen molar-refractivity contribution in [1.82, 2.24) is 19.6 Å². The molecule has 0 saturated carbocycles. The van der Waals surface area contributed by atoms with Gasteiger partial charge in [0, 0.05) is 56.6 Å². The maximum atomic E-state index is 12.7. The smallest absolute Gasteiger partial charge is 0.422 e. The monoisotopic (exact) mass is 410 g/mol. The molecule has 1 fully saturated rings. The standard InChI is InChI=1S/C20H25F3N4O2/c1-3-27-13-17(15(2)24-27)12-25-7-9-26(10-8-25)19(28)16-5-4-6-18(11-16)29-14-20(21,22)23/h4-6,11,13H,3,7-10,12,14H2,1-2H3. The number of piperazine rings is 1. The van der Waals surface area contributed by atoms with Gasteiger partial charge in [-0.05, 0) is 32.0 Å². The first kappa shape index (κ1) is 21.2. The number of aryl methyl sites for hydroxylation is 2. The van der Waals surface area contributed by atoms with E-state index in [4.69, 9.17) is 4.74 Å². The molecule has 0 bridgehead atoms. The number of alkyl halides is 3. The fraction of sp³-hybridized carbons (Fsp3) is 0.500. The molecule has 0 spiro atoms. The molecule has 0 radical (unpaired) electrons. The van der Waals surface area contributed by atoms with Crippen molar-refractivity contribution < 1.29 is 22.7 Å². The number of hydrogen-bond acceptors (Lipinski definition) is 4. The third-order valence-electron chi connectivity index (χ3n) is 4.91. The molecule has 158 valence electrons. The van der Waals surface area contributed by atoms with E-state index in [-0.39, 0.29) is 11.7 Å². The van der Waals surface area contributed by atoms with Gasteiger partial charge in [0.25, 0.3) is 5.91 Å². The molecule has 1 aliphatic heterocycles. The Hall–Kier alpha value is -2.55. The van der Waals surface area contributed by atoms with Crippen molar-refractivity contribution >= 4 is 5.91 Å². The topological polar surface area (TPSA) is 50.6 Å². The van der Waals surface area contributed by atoms with Crippen LogP contribution in [0.15, 0.2) is 30.5 Å². The normalized spacial score (nSPS) is 15.6. The molecule has 1 aliphatic rings. The lowest BCUT2D eigenvalue weighted by Crippen LogP contribution is -2.48. The number of amides is 1. The zero-order valence-corrected chi connectivity index (χ0v) is 16.6. The van der Waals surface area contributed by atoms with Gasteiger partial charge in [-0.3, -0.25) is 14.4 Å². The van der Waals surface area contributed by atoms with Crippen molar-refractivity contribution in [2.75, 3.05) is 32.8 Å². The Balaban J connectivity index is 1.55. The molecular weight excluding hydrogens is 385 g/mol. The van der Waals surface area contributed by atoms with Crippen molar-refractivity contribution in [3.63, 3.8) is 0 Å². The Bertz CT molecular complexity index is 842. The number of carbonyl (C=O) groups excluding carboxylic acids is 1. The van der Waals surface area contributed by atoms with E-state index in [9.17, 15) is 18.0 Å². The van der Waals surface area contributed by atoms with Crippen LogP contribution >= 0.6 is 0 Å². The van der Waals surface area contributed by atoms with Crippen LogP contribution in [0.2, 0.25) is 0 Å². The quantitative estimate of drug-likeness (QED) is 0.734. The number of carbonyl (C=O) groups is 1. The first-order chi connectivity index (χ1) is 13.7. The highest BCUT2D eigenvalue weighted by atomic mass is 19.4. The highest BCUT2D eigenvalue weighted by molar-refractivity contribution is 5.94. The molecule has 3 rings (SSSR count). The number of ether oxygens (including phenoxy) is 1. The van der Waals surface area contributed by atoms with Crippen molar-refractivity contribution in [3.8, 4) is 5.75 Å². The third kappa shape index (κ3) is 5.72. The second-order valence-electron chi connectivity index (χ2n) is 7.10. The second kappa shape index (κ2) is 8.86. The summed E-state index contributed by atoms with van der Waals surface area (Å²) >= 11 is 0. The predicted molar refractivity (Wildman–Crippen MR) is 102 cm³/mol. The van der Waals surface area contributed by atoms with Crippen LogP contribution in [0, 0.1) is 6.92 Å². The number of nitrogens with zero attached hydrogens (tertiary/aromatic N) is 4. The van der Waals surface area contributed by atoms with E-state index in [0.29, 0.717) is 18.7 Å². The van der Waals surface area contributed by atoms with E-state index < -0.39 is 12.8 Å². The summed E-state index contributed by atoms with van der Waals surface area (Å²) in [5, 5.41) is 4.46. The minimum Gasteiger partial charge on any atom is -0.484 e. The lowest BCUT2D eigenvalue weighted by atomic mass is 10.1. The molecule has 0 N–H and O–H groups in total. The van der Waals surface area contributed by atoms with Crippen LogP contribution in [0.5, 0.6) is 5.75 Å². The fourth-order valence-corrected chi connectivity index (χ4v) is 3.29. The first-order valence-electron chi connectivity index (χ1n) is 9.59. The molecule has 6 nitrogen and oxygen atoms in total. The molecule has 29 heavy (non-hydrogen) atoms. The average Bonchev–Trinajstić information content (AvgIpc) is 3.06. The van der Waals surface area contributed by atoms with Gasteiger partial charge >= 0.3 is 6.18 Å². The molecular formula is C20H25F3N4O2. The van der Waals surface area contributed by atoms with Crippen LogP contribution in [-0.2, 0) is 13.1 Å². The Morgan fingerprint density at radius 1 is 1.21 bits per heavy atom. The number of hydrogen-bond donors (Lipinski definition) is 0. The summed E-state index contributed by atoms with van der Waals surface area (Å²) in [7, 11) is 0. The number of halogens is 3. The van der Waals surface area contributed by atoms with Gasteiger partial charge in [0.1, 0.15) is 5.75 Å². The Morgan fingerprint density at radius 3 is 2.55 bits per heavy atom. The Morgan fingerprint density at radius 2 is 1.93 bits per heavy atom. The van der Waals surface area contributed by atoms with Crippen LogP contribution in [0.25, 0.3) is 0 Å². The third-order valence-corrected chi connectivity index (χ3v) is 4.91. The summed E-state index contributed by atoms with van der Waals surface area (Å²) in [5.74, 6) is -0.160. The first-order valence-corrected chi connectivity index (χ1v) is 9.59. The molecule has 1 aromatic heterocycles. The lowest BCUT2D eigenvalue weighted by Gasteiger charge is -2.34. The number of aromatic nitrogens is 2. The van der Waals surface area contributed by atoms with E-state index in [2.05, 4.69) is 16.2 Å². The largest absolute Gasteiger partial charge is 0.484 e. The van der Waals surface area contributed by atoms with Crippen molar-refractivity contribution in [2.24, 2.45) is 0 Å². The molecule has 1 aromatic carbocycles. The average molecular weight is 410 g/mol. The van der Waals surface area contributed by atoms with Crippen LogP contribution in [-0.4, -0.2) is 64.4 Å². The maximum Gasteiger partial charge on any atom is 0.422 e. The molecule has 1 amide bonds. The van der Waals surface area contributed by atoms with Gasteiger partial charge in [0.05, 0.1) is 5.69 Å². The zero-order chi connectivity index (χ0) is 21.0. The molecule has 0 unspecified atom stereocenters. The van der Waals surface area contributed by atoms with Crippen molar-refractivity contribution in [2.45, 2.75) is 33.1 Å². The summed E-state index contributed by atoms with van der Waals surface area (Å²) in [6.45, 7) is 6.86. The maximum absolute atomic E-state index is 12.7. The van der Waals surface area contributed by atoms with E-state index in [1.807, 2.05) is 18.5 Å². The summed E-state index contributed by atoms with van der Waals surface area (Å²) in [6.07, 6.45) is -2.36. The highest BCUT2D eigenvalue weighted by Gasteiger charge is 2.29. The van der Waals surface area contributed by atoms with E-state index in [1.54, 1.807) is 11.0 Å². The molecule has 1 saturated heterocycles.